The highest BCUT2D eigenvalue weighted by Gasteiger charge is 2.26. The number of nitro groups is 1. The SMILES string of the molecule is CC(C)(C)C(O)c1ccc([N+](=O)[O-])s1. The fourth-order valence-electron chi connectivity index (χ4n) is 1.01. The first-order valence-corrected chi connectivity index (χ1v) is 5.06. The van der Waals surface area contributed by atoms with E-state index in [0.717, 1.165) is 11.3 Å². The molecule has 1 aromatic rings. The normalized spacial score (nSPS) is 14.0. The van der Waals surface area contributed by atoms with Gasteiger partial charge in [-0.3, -0.25) is 10.1 Å². The van der Waals surface area contributed by atoms with Gasteiger partial charge in [0.25, 0.3) is 0 Å². The predicted molar refractivity (Wildman–Crippen MR) is 55.4 cm³/mol. The van der Waals surface area contributed by atoms with Crippen molar-refractivity contribution in [1.29, 1.82) is 0 Å². The summed E-state index contributed by atoms with van der Waals surface area (Å²) in [7, 11) is 0. The van der Waals surface area contributed by atoms with Crippen molar-refractivity contribution in [2.45, 2.75) is 26.9 Å². The largest absolute Gasteiger partial charge is 0.387 e. The minimum atomic E-state index is -0.652. The van der Waals surface area contributed by atoms with E-state index in [1.54, 1.807) is 6.07 Å². The fraction of sp³-hybridized carbons (Fsp3) is 0.556. The third-order valence-corrected chi connectivity index (χ3v) is 2.97. The van der Waals surface area contributed by atoms with Gasteiger partial charge in [-0.25, -0.2) is 0 Å². The van der Waals surface area contributed by atoms with Gasteiger partial charge < -0.3 is 5.11 Å². The Labute approximate surface area is 86.3 Å². The Bertz CT molecular complexity index is 340. The van der Waals surface area contributed by atoms with E-state index >= 15 is 0 Å². The summed E-state index contributed by atoms with van der Waals surface area (Å²) in [6, 6.07) is 3.04. The van der Waals surface area contributed by atoms with Gasteiger partial charge in [0.1, 0.15) is 0 Å². The maximum Gasteiger partial charge on any atom is 0.324 e. The van der Waals surface area contributed by atoms with E-state index in [-0.39, 0.29) is 10.4 Å². The number of hydrogen-bond acceptors (Lipinski definition) is 4. The van der Waals surface area contributed by atoms with Gasteiger partial charge in [-0.1, -0.05) is 32.1 Å². The summed E-state index contributed by atoms with van der Waals surface area (Å²) in [5.74, 6) is 0. The molecule has 0 aliphatic carbocycles. The summed E-state index contributed by atoms with van der Waals surface area (Å²) in [6.45, 7) is 5.68. The summed E-state index contributed by atoms with van der Waals surface area (Å²) in [4.78, 5) is 10.6. The molecule has 1 N–H and O–H groups in total. The maximum atomic E-state index is 10.4. The highest BCUT2D eigenvalue weighted by atomic mass is 32.1. The maximum absolute atomic E-state index is 10.4. The Hall–Kier alpha value is -0.940. The number of aliphatic hydroxyl groups is 1. The van der Waals surface area contributed by atoms with Crippen LogP contribution in [0.15, 0.2) is 12.1 Å². The van der Waals surface area contributed by atoms with Crippen molar-refractivity contribution < 1.29 is 10.0 Å². The molecule has 0 spiro atoms. The van der Waals surface area contributed by atoms with Crippen LogP contribution in [0.3, 0.4) is 0 Å². The van der Waals surface area contributed by atoms with Crippen LogP contribution in [0.4, 0.5) is 5.00 Å². The summed E-state index contributed by atoms with van der Waals surface area (Å²) in [6.07, 6.45) is -0.652. The fourth-order valence-corrected chi connectivity index (χ4v) is 2.07. The molecule has 1 aromatic heterocycles. The molecule has 78 valence electrons. The van der Waals surface area contributed by atoms with E-state index in [1.165, 1.54) is 6.07 Å². The molecule has 0 amide bonds. The number of aliphatic hydroxyl groups excluding tert-OH is 1. The molecule has 14 heavy (non-hydrogen) atoms. The highest BCUT2D eigenvalue weighted by Crippen LogP contribution is 2.38. The quantitative estimate of drug-likeness (QED) is 0.609. The molecule has 0 fully saturated rings. The topological polar surface area (TPSA) is 63.4 Å². The van der Waals surface area contributed by atoms with Crippen LogP contribution in [-0.4, -0.2) is 10.0 Å². The summed E-state index contributed by atoms with van der Waals surface area (Å²) >= 11 is 1.03. The molecule has 0 saturated heterocycles. The van der Waals surface area contributed by atoms with E-state index in [9.17, 15) is 15.2 Å². The van der Waals surface area contributed by atoms with E-state index in [2.05, 4.69) is 0 Å². The lowest BCUT2D eigenvalue weighted by atomic mass is 9.88. The second kappa shape index (κ2) is 3.67. The molecular weight excluding hydrogens is 202 g/mol. The van der Waals surface area contributed by atoms with Crippen LogP contribution in [0.1, 0.15) is 31.8 Å². The zero-order chi connectivity index (χ0) is 10.9. The Morgan fingerprint density at radius 2 is 2.07 bits per heavy atom. The van der Waals surface area contributed by atoms with E-state index < -0.39 is 11.0 Å². The summed E-state index contributed by atoms with van der Waals surface area (Å²) in [5, 5.41) is 20.3. The second-order valence-electron chi connectivity index (χ2n) is 4.20. The van der Waals surface area contributed by atoms with Crippen molar-refractivity contribution in [2.75, 3.05) is 0 Å². The molecule has 0 radical (unpaired) electrons. The zero-order valence-electron chi connectivity index (χ0n) is 8.35. The van der Waals surface area contributed by atoms with E-state index in [4.69, 9.17) is 0 Å². The standard InChI is InChI=1S/C9H13NO3S/c1-9(2,3)8(11)6-4-5-7(14-6)10(12)13/h4-5,8,11H,1-3H3. The molecule has 0 aliphatic rings. The third-order valence-electron chi connectivity index (χ3n) is 1.88. The predicted octanol–water partition coefficient (Wildman–Crippen LogP) is 2.74. The zero-order valence-corrected chi connectivity index (χ0v) is 9.17. The average Bonchev–Trinajstić information content (AvgIpc) is 2.48. The Balaban J connectivity index is 2.92. The van der Waals surface area contributed by atoms with Crippen molar-refractivity contribution >= 4 is 16.3 Å². The van der Waals surface area contributed by atoms with Crippen LogP contribution in [0.2, 0.25) is 0 Å². The average molecular weight is 215 g/mol. The summed E-state index contributed by atoms with van der Waals surface area (Å²) < 4.78 is 0. The van der Waals surface area contributed by atoms with Gasteiger partial charge in [0.05, 0.1) is 11.0 Å². The minimum absolute atomic E-state index is 0.0725. The van der Waals surface area contributed by atoms with Crippen molar-refractivity contribution in [2.24, 2.45) is 5.41 Å². The molecule has 0 saturated carbocycles. The molecule has 0 aromatic carbocycles. The van der Waals surface area contributed by atoms with Crippen molar-refractivity contribution in [3.8, 4) is 0 Å². The van der Waals surface area contributed by atoms with Crippen LogP contribution >= 0.6 is 11.3 Å². The van der Waals surface area contributed by atoms with Gasteiger partial charge in [0.2, 0.25) is 0 Å². The van der Waals surface area contributed by atoms with Gasteiger partial charge in [-0.2, -0.15) is 0 Å². The van der Waals surface area contributed by atoms with Crippen molar-refractivity contribution in [3.63, 3.8) is 0 Å². The van der Waals surface area contributed by atoms with E-state index in [1.807, 2.05) is 20.8 Å². The Kier molecular flexibility index (Phi) is 2.92. The lowest BCUT2D eigenvalue weighted by molar-refractivity contribution is -0.380. The minimum Gasteiger partial charge on any atom is -0.387 e. The van der Waals surface area contributed by atoms with Gasteiger partial charge in [0, 0.05) is 10.9 Å². The number of hydrogen-bond donors (Lipinski definition) is 1. The molecule has 1 rings (SSSR count). The molecule has 0 bridgehead atoms. The number of nitrogens with zero attached hydrogens (tertiary/aromatic N) is 1. The van der Waals surface area contributed by atoms with E-state index in [0.29, 0.717) is 4.88 Å². The number of thiophene rings is 1. The summed E-state index contributed by atoms with van der Waals surface area (Å²) in [5.41, 5.74) is -0.293. The first kappa shape index (κ1) is 11.1. The van der Waals surface area contributed by atoms with Crippen LogP contribution in [-0.2, 0) is 0 Å². The molecule has 5 heteroatoms. The molecule has 0 aliphatic heterocycles. The lowest BCUT2D eigenvalue weighted by Gasteiger charge is -2.24. The van der Waals surface area contributed by atoms with Crippen LogP contribution in [0.5, 0.6) is 0 Å². The van der Waals surface area contributed by atoms with Crippen molar-refractivity contribution in [1.82, 2.24) is 0 Å². The van der Waals surface area contributed by atoms with Crippen molar-refractivity contribution in [3.05, 3.63) is 27.1 Å². The monoisotopic (exact) mass is 215 g/mol. The van der Waals surface area contributed by atoms with Gasteiger partial charge in [-0.15, -0.1) is 0 Å². The van der Waals surface area contributed by atoms with Crippen LogP contribution in [0, 0.1) is 15.5 Å². The smallest absolute Gasteiger partial charge is 0.324 e. The molecule has 1 atom stereocenters. The highest BCUT2D eigenvalue weighted by molar-refractivity contribution is 7.15. The molecule has 1 unspecified atom stereocenters. The van der Waals surface area contributed by atoms with Gasteiger partial charge in [0.15, 0.2) is 0 Å². The Morgan fingerprint density at radius 3 is 2.43 bits per heavy atom. The molecular formula is C9H13NO3S. The van der Waals surface area contributed by atoms with Crippen LogP contribution < -0.4 is 0 Å². The second-order valence-corrected chi connectivity index (χ2v) is 5.30. The first-order chi connectivity index (χ1) is 6.32. The first-order valence-electron chi connectivity index (χ1n) is 4.24. The van der Waals surface area contributed by atoms with Gasteiger partial charge in [-0.05, 0) is 11.5 Å². The number of rotatable bonds is 2. The molecule has 1 heterocycles. The molecule has 4 nitrogen and oxygen atoms in total. The Morgan fingerprint density at radius 1 is 1.50 bits per heavy atom. The third kappa shape index (κ3) is 2.30. The lowest BCUT2D eigenvalue weighted by Crippen LogP contribution is -2.16. The van der Waals surface area contributed by atoms with Gasteiger partial charge >= 0.3 is 5.00 Å². The van der Waals surface area contributed by atoms with Crippen LogP contribution in [0.25, 0.3) is 0 Å².